The minimum atomic E-state index is 0.182. The van der Waals surface area contributed by atoms with E-state index in [0.717, 1.165) is 17.8 Å². The molecule has 0 atom stereocenters. The van der Waals surface area contributed by atoms with E-state index < -0.39 is 0 Å². The Morgan fingerprint density at radius 2 is 2.06 bits per heavy atom. The zero-order valence-electron chi connectivity index (χ0n) is 10.8. The molecule has 1 saturated carbocycles. The Morgan fingerprint density at radius 1 is 1.39 bits per heavy atom. The van der Waals surface area contributed by atoms with Gasteiger partial charge in [-0.25, -0.2) is 0 Å². The van der Waals surface area contributed by atoms with Crippen molar-refractivity contribution in [1.82, 2.24) is 0 Å². The number of nitrogens with zero attached hydrogens (tertiary/aromatic N) is 2. The monoisotopic (exact) mass is 247 g/mol. The van der Waals surface area contributed by atoms with Crippen LogP contribution in [0.4, 0.5) is 5.69 Å². The third-order valence-corrected chi connectivity index (χ3v) is 3.70. The second-order valence-corrected chi connectivity index (χ2v) is 4.73. The summed E-state index contributed by atoms with van der Waals surface area (Å²) in [6.07, 6.45) is 5.07. The Labute approximate surface area is 108 Å². The highest BCUT2D eigenvalue weighted by atomic mass is 16.4. The number of nitrogens with two attached hydrogens (primary N) is 1. The zero-order valence-corrected chi connectivity index (χ0v) is 10.8. The van der Waals surface area contributed by atoms with Crippen molar-refractivity contribution in [2.75, 3.05) is 11.4 Å². The van der Waals surface area contributed by atoms with Crippen molar-refractivity contribution in [1.29, 1.82) is 0 Å². The lowest BCUT2D eigenvalue weighted by atomic mass is 10.1. The average molecular weight is 247 g/mol. The Hall–Kier alpha value is -1.71. The van der Waals surface area contributed by atoms with E-state index >= 15 is 0 Å². The van der Waals surface area contributed by atoms with Gasteiger partial charge >= 0.3 is 0 Å². The fraction of sp³-hybridized carbons (Fsp3) is 0.500. The second kappa shape index (κ2) is 5.76. The maximum absolute atomic E-state index is 8.88. The van der Waals surface area contributed by atoms with Crippen molar-refractivity contribution >= 4 is 11.5 Å². The largest absolute Gasteiger partial charge is 0.409 e. The maximum Gasteiger partial charge on any atom is 0.172 e. The molecule has 0 amide bonds. The molecule has 0 unspecified atom stereocenters. The number of benzene rings is 1. The van der Waals surface area contributed by atoms with Crippen LogP contribution >= 0.6 is 0 Å². The van der Waals surface area contributed by atoms with Crippen LogP contribution in [0.5, 0.6) is 0 Å². The minimum Gasteiger partial charge on any atom is -0.409 e. The summed E-state index contributed by atoms with van der Waals surface area (Å²) in [5.74, 6) is 0.182. The topological polar surface area (TPSA) is 61.8 Å². The van der Waals surface area contributed by atoms with Crippen LogP contribution in [0.2, 0.25) is 0 Å². The molecule has 2 rings (SSSR count). The van der Waals surface area contributed by atoms with Crippen LogP contribution < -0.4 is 10.6 Å². The van der Waals surface area contributed by atoms with E-state index in [0.29, 0.717) is 6.04 Å². The highest BCUT2D eigenvalue weighted by Gasteiger charge is 2.23. The van der Waals surface area contributed by atoms with Crippen molar-refractivity contribution in [2.24, 2.45) is 10.9 Å². The average Bonchev–Trinajstić information content (AvgIpc) is 2.93. The molecular formula is C14H21N3O. The van der Waals surface area contributed by atoms with Gasteiger partial charge < -0.3 is 15.8 Å². The lowest BCUT2D eigenvalue weighted by molar-refractivity contribution is 0.318. The fourth-order valence-corrected chi connectivity index (χ4v) is 2.84. The smallest absolute Gasteiger partial charge is 0.172 e. The summed E-state index contributed by atoms with van der Waals surface area (Å²) in [5, 5.41) is 12.0. The molecular weight excluding hydrogens is 226 g/mol. The number of para-hydroxylation sites is 1. The normalized spacial score (nSPS) is 17.1. The SMILES string of the molecule is CCN(c1ccccc1/C(N)=N/O)C1CCCC1. The third kappa shape index (κ3) is 2.42. The van der Waals surface area contributed by atoms with Gasteiger partial charge in [0.1, 0.15) is 0 Å². The lowest BCUT2D eigenvalue weighted by Crippen LogP contribution is -2.34. The van der Waals surface area contributed by atoms with Gasteiger partial charge in [0.25, 0.3) is 0 Å². The molecule has 1 fully saturated rings. The summed E-state index contributed by atoms with van der Waals surface area (Å²) in [6.45, 7) is 3.10. The van der Waals surface area contributed by atoms with Crippen LogP contribution in [0.1, 0.15) is 38.2 Å². The summed E-state index contributed by atoms with van der Waals surface area (Å²) in [6, 6.07) is 8.46. The molecule has 1 aliphatic rings. The number of amidine groups is 1. The molecule has 0 aliphatic heterocycles. The van der Waals surface area contributed by atoms with E-state index in [1.165, 1.54) is 25.7 Å². The highest BCUT2D eigenvalue weighted by molar-refractivity contribution is 6.02. The van der Waals surface area contributed by atoms with Crippen molar-refractivity contribution < 1.29 is 5.21 Å². The van der Waals surface area contributed by atoms with Crippen LogP contribution in [0, 0.1) is 0 Å². The van der Waals surface area contributed by atoms with Gasteiger partial charge in [-0.2, -0.15) is 0 Å². The zero-order chi connectivity index (χ0) is 13.0. The van der Waals surface area contributed by atoms with E-state index in [2.05, 4.69) is 23.0 Å². The molecule has 1 aliphatic carbocycles. The summed E-state index contributed by atoms with van der Waals surface area (Å²) >= 11 is 0. The first-order valence-electron chi connectivity index (χ1n) is 6.61. The molecule has 0 aromatic heterocycles. The summed E-state index contributed by atoms with van der Waals surface area (Å²) in [4.78, 5) is 2.38. The molecule has 3 N–H and O–H groups in total. The molecule has 0 radical (unpaired) electrons. The van der Waals surface area contributed by atoms with Crippen molar-refractivity contribution in [2.45, 2.75) is 38.6 Å². The van der Waals surface area contributed by atoms with Crippen LogP contribution in [-0.2, 0) is 0 Å². The van der Waals surface area contributed by atoms with Crippen molar-refractivity contribution in [3.63, 3.8) is 0 Å². The minimum absolute atomic E-state index is 0.182. The van der Waals surface area contributed by atoms with Gasteiger partial charge in [0.2, 0.25) is 0 Å². The summed E-state index contributed by atoms with van der Waals surface area (Å²) in [7, 11) is 0. The van der Waals surface area contributed by atoms with E-state index in [-0.39, 0.29) is 5.84 Å². The first-order valence-corrected chi connectivity index (χ1v) is 6.61. The molecule has 1 aromatic carbocycles. The predicted molar refractivity (Wildman–Crippen MR) is 74.2 cm³/mol. The summed E-state index contributed by atoms with van der Waals surface area (Å²) < 4.78 is 0. The van der Waals surface area contributed by atoms with Gasteiger partial charge in [-0.05, 0) is 31.9 Å². The van der Waals surface area contributed by atoms with Crippen LogP contribution in [0.25, 0.3) is 0 Å². The van der Waals surface area contributed by atoms with E-state index in [1.807, 2.05) is 18.2 Å². The van der Waals surface area contributed by atoms with Gasteiger partial charge in [0.15, 0.2) is 5.84 Å². The Kier molecular flexibility index (Phi) is 4.07. The lowest BCUT2D eigenvalue weighted by Gasteiger charge is -2.31. The van der Waals surface area contributed by atoms with Gasteiger partial charge in [-0.3, -0.25) is 0 Å². The van der Waals surface area contributed by atoms with E-state index in [1.54, 1.807) is 0 Å². The number of oxime groups is 1. The quantitative estimate of drug-likeness (QED) is 0.372. The van der Waals surface area contributed by atoms with Crippen molar-refractivity contribution in [3.05, 3.63) is 29.8 Å². The standard InChI is InChI=1S/C14H21N3O/c1-2-17(11-7-3-4-8-11)13-10-6-5-9-12(13)14(15)16-18/h5-6,9-11,18H,2-4,7-8H2,1H3,(H2,15,16). The van der Waals surface area contributed by atoms with Crippen molar-refractivity contribution in [3.8, 4) is 0 Å². The Morgan fingerprint density at radius 3 is 2.67 bits per heavy atom. The van der Waals surface area contributed by atoms with Crippen LogP contribution in [-0.4, -0.2) is 23.6 Å². The molecule has 0 spiro atoms. The molecule has 0 saturated heterocycles. The number of anilines is 1. The van der Waals surface area contributed by atoms with E-state index in [9.17, 15) is 0 Å². The number of hydrogen-bond acceptors (Lipinski definition) is 3. The number of hydrogen-bond donors (Lipinski definition) is 2. The number of rotatable bonds is 4. The molecule has 98 valence electrons. The molecule has 18 heavy (non-hydrogen) atoms. The van der Waals surface area contributed by atoms with Crippen LogP contribution in [0.15, 0.2) is 29.4 Å². The molecule has 4 nitrogen and oxygen atoms in total. The highest BCUT2D eigenvalue weighted by Crippen LogP contribution is 2.30. The maximum atomic E-state index is 8.88. The fourth-order valence-electron chi connectivity index (χ4n) is 2.84. The molecule has 1 aromatic rings. The molecule has 0 heterocycles. The van der Waals surface area contributed by atoms with Gasteiger partial charge in [-0.1, -0.05) is 30.1 Å². The molecule has 0 bridgehead atoms. The third-order valence-electron chi connectivity index (χ3n) is 3.70. The second-order valence-electron chi connectivity index (χ2n) is 4.73. The van der Waals surface area contributed by atoms with Gasteiger partial charge in [0, 0.05) is 23.8 Å². The first kappa shape index (κ1) is 12.7. The molecule has 4 heteroatoms. The Bertz CT molecular complexity index is 425. The van der Waals surface area contributed by atoms with Crippen LogP contribution in [0.3, 0.4) is 0 Å². The Balaban J connectivity index is 2.35. The van der Waals surface area contributed by atoms with E-state index in [4.69, 9.17) is 10.9 Å². The first-order chi connectivity index (χ1) is 8.77. The summed E-state index contributed by atoms with van der Waals surface area (Å²) in [5.41, 5.74) is 7.64. The van der Waals surface area contributed by atoms with Gasteiger partial charge in [0.05, 0.1) is 0 Å². The van der Waals surface area contributed by atoms with Gasteiger partial charge in [-0.15, -0.1) is 0 Å². The predicted octanol–water partition coefficient (Wildman–Crippen LogP) is 2.55.